The molecule has 0 atom stereocenters. The van der Waals surface area contributed by atoms with Gasteiger partial charge in [0.15, 0.2) is 5.82 Å². The van der Waals surface area contributed by atoms with Crippen LogP contribution in [0.1, 0.15) is 16.8 Å². The Bertz CT molecular complexity index is 1080. The number of nitrogens with one attached hydrogen (secondary N) is 4. The molecule has 0 aliphatic heterocycles. The summed E-state index contributed by atoms with van der Waals surface area (Å²) in [5.74, 6) is 0.118. The van der Waals surface area contributed by atoms with E-state index in [2.05, 4.69) is 30.9 Å². The van der Waals surface area contributed by atoms with Crippen molar-refractivity contribution < 1.29 is 14.3 Å². The van der Waals surface area contributed by atoms with Crippen LogP contribution in [0.25, 0.3) is 10.8 Å². The zero-order valence-corrected chi connectivity index (χ0v) is 15.8. The highest BCUT2D eigenvalue weighted by Gasteiger charge is 2.08. The molecule has 0 spiro atoms. The molecule has 4 N–H and O–H groups in total. The van der Waals surface area contributed by atoms with Crippen LogP contribution in [0.4, 0.5) is 16.3 Å². The van der Waals surface area contributed by atoms with Gasteiger partial charge in [-0.15, -0.1) is 0 Å². The van der Waals surface area contributed by atoms with Crippen molar-refractivity contribution in [2.24, 2.45) is 0 Å². The molecule has 1 heterocycles. The molecule has 0 unspecified atom stereocenters. The number of fused-ring (bicyclic) bond motifs is 1. The average molecular weight is 395 g/mol. The van der Waals surface area contributed by atoms with Crippen LogP contribution < -0.4 is 21.5 Å². The molecule has 0 aliphatic carbocycles. The van der Waals surface area contributed by atoms with E-state index in [1.165, 1.54) is 7.11 Å². The fourth-order valence-electron chi connectivity index (χ4n) is 2.76. The second kappa shape index (κ2) is 9.36. The number of urea groups is 1. The maximum atomic E-state index is 12.0. The molecule has 3 rings (SSSR count). The van der Waals surface area contributed by atoms with Crippen molar-refractivity contribution in [2.45, 2.75) is 6.42 Å². The Morgan fingerprint density at radius 1 is 1.07 bits per heavy atom. The van der Waals surface area contributed by atoms with E-state index in [9.17, 15) is 14.4 Å². The van der Waals surface area contributed by atoms with Gasteiger partial charge in [-0.3, -0.25) is 4.79 Å². The lowest BCUT2D eigenvalue weighted by molar-refractivity contribution is 0.0600. The standard InChI is InChI=1S/C20H21N5O4/c1-29-19(27)13-6-4-7-14(12-13)23-20(28)22-11-5-10-21-17-15-8-2-3-9-16(15)18(26)25-24-17/h2-4,6-9,12H,5,10-11H2,1H3,(H,21,24)(H,25,26)(H2,22,23,28). The minimum Gasteiger partial charge on any atom is -0.465 e. The summed E-state index contributed by atoms with van der Waals surface area (Å²) in [6.07, 6.45) is 0.644. The number of carbonyl (C=O) groups excluding carboxylic acids is 2. The van der Waals surface area contributed by atoms with Gasteiger partial charge in [0.05, 0.1) is 18.1 Å². The molecule has 0 saturated heterocycles. The van der Waals surface area contributed by atoms with Crippen LogP contribution in [-0.4, -0.2) is 42.4 Å². The summed E-state index contributed by atoms with van der Waals surface area (Å²) in [5, 5.41) is 16.4. The van der Waals surface area contributed by atoms with Gasteiger partial charge in [-0.1, -0.05) is 24.3 Å². The monoisotopic (exact) mass is 395 g/mol. The quantitative estimate of drug-likeness (QED) is 0.359. The number of benzene rings is 2. The van der Waals surface area contributed by atoms with E-state index in [4.69, 9.17) is 0 Å². The molecule has 0 fully saturated rings. The summed E-state index contributed by atoms with van der Waals surface area (Å²) in [7, 11) is 1.30. The number of ether oxygens (including phenoxy) is 1. The molecule has 29 heavy (non-hydrogen) atoms. The Balaban J connectivity index is 1.45. The number of amides is 2. The molecule has 9 heteroatoms. The number of aromatic amines is 1. The number of anilines is 2. The SMILES string of the molecule is COC(=O)c1cccc(NC(=O)NCCCNc2n[nH]c(=O)c3ccccc23)c1. The van der Waals surface area contributed by atoms with Crippen molar-refractivity contribution in [3.63, 3.8) is 0 Å². The Hall–Kier alpha value is -3.88. The number of hydrogen-bond donors (Lipinski definition) is 4. The van der Waals surface area contributed by atoms with Crippen molar-refractivity contribution in [2.75, 3.05) is 30.8 Å². The second-order valence-corrected chi connectivity index (χ2v) is 6.18. The van der Waals surface area contributed by atoms with Gasteiger partial charge in [0.25, 0.3) is 5.56 Å². The van der Waals surface area contributed by atoms with Crippen molar-refractivity contribution in [1.29, 1.82) is 0 Å². The molecule has 9 nitrogen and oxygen atoms in total. The third-order valence-corrected chi connectivity index (χ3v) is 4.17. The minimum absolute atomic E-state index is 0.235. The van der Waals surface area contributed by atoms with Gasteiger partial charge in [0, 0.05) is 24.2 Å². The van der Waals surface area contributed by atoms with Crippen molar-refractivity contribution in [3.8, 4) is 0 Å². The maximum absolute atomic E-state index is 12.0. The van der Waals surface area contributed by atoms with E-state index in [1.807, 2.05) is 12.1 Å². The molecule has 150 valence electrons. The molecule has 1 aromatic heterocycles. The lowest BCUT2D eigenvalue weighted by Crippen LogP contribution is -2.30. The first-order valence-corrected chi connectivity index (χ1v) is 9.03. The van der Waals surface area contributed by atoms with E-state index in [1.54, 1.807) is 36.4 Å². The van der Waals surface area contributed by atoms with Gasteiger partial charge in [-0.2, -0.15) is 5.10 Å². The van der Waals surface area contributed by atoms with Crippen LogP contribution in [0.15, 0.2) is 53.3 Å². The number of hydrogen-bond acceptors (Lipinski definition) is 6. The summed E-state index contributed by atoms with van der Waals surface area (Å²) in [6, 6.07) is 13.3. The largest absolute Gasteiger partial charge is 0.465 e. The normalized spacial score (nSPS) is 10.4. The summed E-state index contributed by atoms with van der Waals surface area (Å²) in [6.45, 7) is 0.984. The number of carbonyl (C=O) groups is 2. The zero-order valence-electron chi connectivity index (χ0n) is 15.8. The Morgan fingerprint density at radius 2 is 1.86 bits per heavy atom. The molecule has 0 radical (unpaired) electrons. The van der Waals surface area contributed by atoms with Gasteiger partial charge in [0.1, 0.15) is 0 Å². The first-order valence-electron chi connectivity index (χ1n) is 9.03. The van der Waals surface area contributed by atoms with Gasteiger partial charge in [-0.05, 0) is 30.7 Å². The molecule has 0 aliphatic rings. The lowest BCUT2D eigenvalue weighted by atomic mass is 10.2. The minimum atomic E-state index is -0.469. The van der Waals surface area contributed by atoms with E-state index in [-0.39, 0.29) is 11.6 Å². The van der Waals surface area contributed by atoms with Crippen LogP contribution >= 0.6 is 0 Å². The van der Waals surface area contributed by atoms with Crippen LogP contribution in [0.2, 0.25) is 0 Å². The highest BCUT2D eigenvalue weighted by molar-refractivity contribution is 5.94. The Kier molecular flexibility index (Phi) is 6.41. The summed E-state index contributed by atoms with van der Waals surface area (Å²) >= 11 is 0. The fraction of sp³-hybridized carbons (Fsp3) is 0.200. The van der Waals surface area contributed by atoms with E-state index in [0.29, 0.717) is 42.0 Å². The van der Waals surface area contributed by atoms with Gasteiger partial charge >= 0.3 is 12.0 Å². The van der Waals surface area contributed by atoms with E-state index < -0.39 is 5.97 Å². The predicted molar refractivity (Wildman–Crippen MR) is 110 cm³/mol. The van der Waals surface area contributed by atoms with Crippen LogP contribution in [-0.2, 0) is 4.74 Å². The predicted octanol–water partition coefficient (Wildman–Crippen LogP) is 2.33. The maximum Gasteiger partial charge on any atom is 0.337 e. The number of H-pyrrole nitrogens is 1. The van der Waals surface area contributed by atoms with Crippen LogP contribution in [0.5, 0.6) is 0 Å². The molecule has 2 amide bonds. The smallest absolute Gasteiger partial charge is 0.337 e. The molecule has 2 aromatic carbocycles. The van der Waals surface area contributed by atoms with Crippen LogP contribution in [0.3, 0.4) is 0 Å². The van der Waals surface area contributed by atoms with Crippen molar-refractivity contribution >= 4 is 34.3 Å². The van der Waals surface area contributed by atoms with Gasteiger partial charge in [-0.25, -0.2) is 14.7 Å². The fourth-order valence-corrected chi connectivity index (χ4v) is 2.76. The van der Waals surface area contributed by atoms with Crippen molar-refractivity contribution in [1.82, 2.24) is 15.5 Å². The van der Waals surface area contributed by atoms with Crippen molar-refractivity contribution in [3.05, 3.63) is 64.4 Å². The average Bonchev–Trinajstić information content (AvgIpc) is 2.74. The molecular formula is C20H21N5O4. The zero-order chi connectivity index (χ0) is 20.6. The number of esters is 1. The van der Waals surface area contributed by atoms with E-state index in [0.717, 1.165) is 5.39 Å². The summed E-state index contributed by atoms with van der Waals surface area (Å²) < 4.78 is 4.66. The highest BCUT2D eigenvalue weighted by atomic mass is 16.5. The summed E-state index contributed by atoms with van der Waals surface area (Å²) in [4.78, 5) is 35.3. The Morgan fingerprint density at radius 3 is 2.66 bits per heavy atom. The van der Waals surface area contributed by atoms with E-state index >= 15 is 0 Å². The van der Waals surface area contributed by atoms with Gasteiger partial charge in [0.2, 0.25) is 0 Å². The number of rotatable bonds is 7. The third kappa shape index (κ3) is 5.10. The number of aromatic nitrogens is 2. The first-order chi connectivity index (χ1) is 14.1. The molecule has 3 aromatic rings. The second-order valence-electron chi connectivity index (χ2n) is 6.18. The molecular weight excluding hydrogens is 374 g/mol. The number of methoxy groups -OCH3 is 1. The number of nitrogens with zero attached hydrogens (tertiary/aromatic N) is 1. The first kappa shape index (κ1) is 19.9. The third-order valence-electron chi connectivity index (χ3n) is 4.17. The molecule has 0 saturated carbocycles. The molecule has 0 bridgehead atoms. The lowest BCUT2D eigenvalue weighted by Gasteiger charge is -2.10. The van der Waals surface area contributed by atoms with Gasteiger partial charge < -0.3 is 20.7 Å². The van der Waals surface area contributed by atoms with Crippen LogP contribution in [0, 0.1) is 0 Å². The topological polar surface area (TPSA) is 125 Å². The summed E-state index contributed by atoms with van der Waals surface area (Å²) in [5.41, 5.74) is 0.614. The Labute approximate surface area is 166 Å². The highest BCUT2D eigenvalue weighted by Crippen LogP contribution is 2.16.